The summed E-state index contributed by atoms with van der Waals surface area (Å²) in [6.07, 6.45) is 8.10. The highest BCUT2D eigenvalue weighted by Gasteiger charge is 2.36. The van der Waals surface area contributed by atoms with Gasteiger partial charge in [-0.1, -0.05) is 6.92 Å². The van der Waals surface area contributed by atoms with E-state index in [9.17, 15) is 9.59 Å². The van der Waals surface area contributed by atoms with E-state index in [1.165, 1.54) is 0 Å². The van der Waals surface area contributed by atoms with Crippen LogP contribution in [-0.4, -0.2) is 53.8 Å². The van der Waals surface area contributed by atoms with E-state index in [0.717, 1.165) is 33.4 Å². The average molecular weight is 446 g/mol. The van der Waals surface area contributed by atoms with Gasteiger partial charge in [-0.2, -0.15) is 10.2 Å². The number of hydrogen-bond acceptors (Lipinski definition) is 5. The van der Waals surface area contributed by atoms with Crippen molar-refractivity contribution in [2.45, 2.75) is 32.2 Å². The molecule has 3 amide bonds. The summed E-state index contributed by atoms with van der Waals surface area (Å²) in [5, 5.41) is 11.0. The zero-order valence-corrected chi connectivity index (χ0v) is 17.3. The highest BCUT2D eigenvalue weighted by Crippen LogP contribution is 2.31. The van der Waals surface area contributed by atoms with E-state index in [1.807, 2.05) is 26.4 Å². The topological polar surface area (TPSA) is 97.4 Å². The summed E-state index contributed by atoms with van der Waals surface area (Å²) in [6.45, 7) is 4.19. The van der Waals surface area contributed by atoms with Crippen LogP contribution in [0.4, 0.5) is 4.79 Å². The smallest absolute Gasteiger partial charge is 0.312 e. The number of halogens is 1. The minimum Gasteiger partial charge on any atom is -0.312 e. The van der Waals surface area contributed by atoms with Gasteiger partial charge in [0.2, 0.25) is 0 Å². The second-order valence-electron chi connectivity index (χ2n) is 6.93. The summed E-state index contributed by atoms with van der Waals surface area (Å²) in [5.74, 6) is -0.299. The Labute approximate surface area is 169 Å². The molecular weight excluding hydrogens is 426 g/mol. The van der Waals surface area contributed by atoms with E-state index in [0.29, 0.717) is 6.54 Å². The summed E-state index contributed by atoms with van der Waals surface area (Å²) < 4.78 is 4.26. The third-order valence-electron chi connectivity index (χ3n) is 5.13. The standard InChI is InChI=1S/C18H20BrN7O2/c1-4-11(8-25-10(2)17(27)23-18(25)28)15-14(19)9-26-16(22-15)13(6-21-26)12-5-20-24(3)7-12/h5-7,9-11H,4,8H2,1-3H3,(H,23,27,28). The van der Waals surface area contributed by atoms with Crippen LogP contribution in [0.2, 0.25) is 0 Å². The van der Waals surface area contributed by atoms with Gasteiger partial charge in [-0.15, -0.1) is 0 Å². The van der Waals surface area contributed by atoms with Gasteiger partial charge in [0, 0.05) is 43.0 Å². The molecule has 0 aromatic carbocycles. The van der Waals surface area contributed by atoms with Crippen LogP contribution < -0.4 is 5.32 Å². The maximum absolute atomic E-state index is 12.1. The summed E-state index contributed by atoms with van der Waals surface area (Å²) in [5.41, 5.74) is 3.38. The van der Waals surface area contributed by atoms with Crippen LogP contribution in [0, 0.1) is 0 Å². The first-order chi connectivity index (χ1) is 13.4. The zero-order chi connectivity index (χ0) is 20.0. The van der Waals surface area contributed by atoms with Crippen molar-refractivity contribution in [1.82, 2.24) is 34.6 Å². The van der Waals surface area contributed by atoms with E-state index in [2.05, 4.69) is 31.4 Å². The molecule has 4 heterocycles. The van der Waals surface area contributed by atoms with Gasteiger partial charge >= 0.3 is 6.03 Å². The molecule has 0 saturated carbocycles. The number of amides is 3. The molecule has 1 N–H and O–H groups in total. The molecule has 28 heavy (non-hydrogen) atoms. The molecule has 1 fully saturated rings. The predicted octanol–water partition coefficient (Wildman–Crippen LogP) is 2.33. The van der Waals surface area contributed by atoms with Crippen LogP contribution in [0.25, 0.3) is 16.8 Å². The molecule has 1 aliphatic heterocycles. The Hall–Kier alpha value is -2.75. The number of nitrogens with zero attached hydrogens (tertiary/aromatic N) is 6. The number of rotatable bonds is 5. The van der Waals surface area contributed by atoms with E-state index in [4.69, 9.17) is 4.98 Å². The number of aryl methyl sites for hydroxylation is 1. The molecule has 4 rings (SSSR count). The Morgan fingerprint density at radius 2 is 2.04 bits per heavy atom. The summed E-state index contributed by atoms with van der Waals surface area (Å²) in [4.78, 5) is 30.3. The fourth-order valence-electron chi connectivity index (χ4n) is 3.44. The molecule has 0 spiro atoms. The molecule has 2 unspecified atom stereocenters. The average Bonchev–Trinajstić information content (AvgIpc) is 3.32. The predicted molar refractivity (Wildman–Crippen MR) is 106 cm³/mol. The Morgan fingerprint density at radius 3 is 2.64 bits per heavy atom. The molecule has 1 aliphatic rings. The summed E-state index contributed by atoms with van der Waals surface area (Å²) in [7, 11) is 1.86. The van der Waals surface area contributed by atoms with Gasteiger partial charge in [-0.05, 0) is 29.3 Å². The number of aromatic nitrogens is 5. The number of imide groups is 1. The molecule has 2 atom stereocenters. The van der Waals surface area contributed by atoms with Gasteiger partial charge in [0.1, 0.15) is 6.04 Å². The highest BCUT2D eigenvalue weighted by molar-refractivity contribution is 9.10. The second kappa shape index (κ2) is 7.01. The van der Waals surface area contributed by atoms with Crippen molar-refractivity contribution < 1.29 is 9.59 Å². The van der Waals surface area contributed by atoms with Crippen LogP contribution in [0.5, 0.6) is 0 Å². The number of carbonyl (C=O) groups excluding carboxylic acids is 2. The van der Waals surface area contributed by atoms with Gasteiger partial charge in [-0.25, -0.2) is 14.3 Å². The molecule has 3 aromatic rings. The zero-order valence-electron chi connectivity index (χ0n) is 15.8. The minimum atomic E-state index is -0.482. The van der Waals surface area contributed by atoms with Gasteiger partial charge in [0.05, 0.1) is 22.6 Å². The van der Waals surface area contributed by atoms with Crippen molar-refractivity contribution in [3.8, 4) is 11.1 Å². The first kappa shape index (κ1) is 18.6. The van der Waals surface area contributed by atoms with Crippen molar-refractivity contribution in [1.29, 1.82) is 0 Å². The summed E-state index contributed by atoms with van der Waals surface area (Å²) >= 11 is 3.59. The third kappa shape index (κ3) is 3.07. The number of carbonyl (C=O) groups is 2. The molecular formula is C18H20BrN7O2. The maximum Gasteiger partial charge on any atom is 0.324 e. The number of nitrogens with one attached hydrogen (secondary N) is 1. The molecule has 0 bridgehead atoms. The van der Waals surface area contributed by atoms with Crippen molar-refractivity contribution in [3.05, 3.63) is 35.0 Å². The lowest BCUT2D eigenvalue weighted by molar-refractivity contribution is -0.121. The molecule has 0 aliphatic carbocycles. The van der Waals surface area contributed by atoms with E-state index in [1.54, 1.807) is 33.4 Å². The lowest BCUT2D eigenvalue weighted by Crippen LogP contribution is -2.36. The van der Waals surface area contributed by atoms with Gasteiger partial charge < -0.3 is 4.90 Å². The Morgan fingerprint density at radius 1 is 1.25 bits per heavy atom. The largest absolute Gasteiger partial charge is 0.324 e. The molecule has 0 radical (unpaired) electrons. The summed E-state index contributed by atoms with van der Waals surface area (Å²) in [6, 6.07) is -0.835. The maximum atomic E-state index is 12.1. The lowest BCUT2D eigenvalue weighted by atomic mass is 10.0. The van der Waals surface area contributed by atoms with E-state index >= 15 is 0 Å². The van der Waals surface area contributed by atoms with Gasteiger partial charge in [0.15, 0.2) is 5.65 Å². The van der Waals surface area contributed by atoms with E-state index < -0.39 is 6.04 Å². The van der Waals surface area contributed by atoms with Gasteiger partial charge in [-0.3, -0.25) is 14.8 Å². The van der Waals surface area contributed by atoms with Crippen molar-refractivity contribution >= 4 is 33.5 Å². The molecule has 146 valence electrons. The quantitative estimate of drug-likeness (QED) is 0.607. The fourth-order valence-corrected chi connectivity index (χ4v) is 4.05. The third-order valence-corrected chi connectivity index (χ3v) is 5.74. The number of urea groups is 1. The first-order valence-corrected chi connectivity index (χ1v) is 9.82. The number of hydrogen-bond donors (Lipinski definition) is 1. The highest BCUT2D eigenvalue weighted by atomic mass is 79.9. The SMILES string of the molecule is CCC(CN1C(=O)NC(=O)C1C)c1nc2c(-c3cnn(C)c3)cnn2cc1Br. The van der Waals surface area contributed by atoms with Crippen LogP contribution in [0.1, 0.15) is 31.9 Å². The first-order valence-electron chi connectivity index (χ1n) is 9.03. The Kier molecular flexibility index (Phi) is 4.66. The Bertz CT molecular complexity index is 1070. The molecule has 1 saturated heterocycles. The van der Waals surface area contributed by atoms with Crippen LogP contribution in [0.3, 0.4) is 0 Å². The minimum absolute atomic E-state index is 0.0323. The molecule has 9 nitrogen and oxygen atoms in total. The van der Waals surface area contributed by atoms with Crippen LogP contribution >= 0.6 is 15.9 Å². The van der Waals surface area contributed by atoms with Crippen LogP contribution in [-0.2, 0) is 11.8 Å². The van der Waals surface area contributed by atoms with Crippen molar-refractivity contribution in [2.24, 2.45) is 7.05 Å². The number of fused-ring (bicyclic) bond motifs is 1. The van der Waals surface area contributed by atoms with Crippen molar-refractivity contribution in [2.75, 3.05) is 6.54 Å². The molecule has 10 heteroatoms. The lowest BCUT2D eigenvalue weighted by Gasteiger charge is -2.25. The monoisotopic (exact) mass is 445 g/mol. The van der Waals surface area contributed by atoms with Crippen LogP contribution in [0.15, 0.2) is 29.3 Å². The van der Waals surface area contributed by atoms with Gasteiger partial charge in [0.25, 0.3) is 5.91 Å². The normalized spacial score (nSPS) is 18.1. The van der Waals surface area contributed by atoms with E-state index in [-0.39, 0.29) is 17.9 Å². The molecule has 3 aromatic heterocycles. The second-order valence-corrected chi connectivity index (χ2v) is 7.79. The fraction of sp³-hybridized carbons (Fsp3) is 0.389. The Balaban J connectivity index is 1.73. The van der Waals surface area contributed by atoms with Crippen molar-refractivity contribution in [3.63, 3.8) is 0 Å².